The molecule has 0 unspecified atom stereocenters. The van der Waals surface area contributed by atoms with Crippen LogP contribution < -0.4 is 0 Å². The number of nitro benzene ring substituents is 1. The largest absolute Gasteiger partial charge is 0.460 e. The Morgan fingerprint density at radius 1 is 1.00 bits per heavy atom. The van der Waals surface area contributed by atoms with E-state index >= 15 is 0 Å². The number of hydrogen-bond acceptors (Lipinski definition) is 7. The summed E-state index contributed by atoms with van der Waals surface area (Å²) >= 11 is 0. The van der Waals surface area contributed by atoms with Crippen molar-refractivity contribution in [3.05, 3.63) is 75.4 Å². The monoisotopic (exact) mass is 641 g/mol. The lowest BCUT2D eigenvalue weighted by atomic mass is 9.33. The molecule has 0 radical (unpaired) electrons. The van der Waals surface area contributed by atoms with E-state index in [2.05, 4.69) is 47.6 Å². The summed E-state index contributed by atoms with van der Waals surface area (Å²) in [5.41, 5.74) is 2.79. The van der Waals surface area contributed by atoms with Crippen LogP contribution in [0, 0.1) is 54.9 Å². The quantitative estimate of drug-likeness (QED) is 0.153. The highest BCUT2D eigenvalue weighted by Gasteiger charge is 2.69. The summed E-state index contributed by atoms with van der Waals surface area (Å²) in [6.07, 6.45) is 14.3. The number of para-hydroxylation sites is 1. The Labute approximate surface area is 279 Å². The van der Waals surface area contributed by atoms with Gasteiger partial charge in [0.05, 0.1) is 33.9 Å². The highest BCUT2D eigenvalue weighted by Crippen LogP contribution is 2.75. The van der Waals surface area contributed by atoms with Crippen LogP contribution in [0.2, 0.25) is 0 Å². The lowest BCUT2D eigenvalue weighted by molar-refractivity contribution is -0.385. The van der Waals surface area contributed by atoms with Gasteiger partial charge in [0.25, 0.3) is 5.69 Å². The molecule has 252 valence electrons. The first-order valence-corrected chi connectivity index (χ1v) is 17.7. The van der Waals surface area contributed by atoms with E-state index in [9.17, 15) is 20.0 Å². The van der Waals surface area contributed by atoms with Crippen LogP contribution >= 0.6 is 0 Å². The van der Waals surface area contributed by atoms with Gasteiger partial charge in [0.2, 0.25) is 0 Å². The maximum atomic E-state index is 14.4. The Bertz CT molecular complexity index is 1650. The van der Waals surface area contributed by atoms with E-state index < -0.39 is 15.8 Å². The van der Waals surface area contributed by atoms with Gasteiger partial charge in [-0.15, -0.1) is 0 Å². The van der Waals surface area contributed by atoms with E-state index in [0.717, 1.165) is 69.2 Å². The summed E-state index contributed by atoms with van der Waals surface area (Å²) in [4.78, 5) is 35.2. The summed E-state index contributed by atoms with van der Waals surface area (Å²) in [7, 11) is 0. The molecule has 5 aliphatic carbocycles. The lowest BCUT2D eigenvalue weighted by Crippen LogP contribution is -2.65. The molecule has 8 atom stereocenters. The Hall–Kier alpha value is -3.13. The molecule has 1 heterocycles. The Kier molecular flexibility index (Phi) is 7.37. The maximum absolute atomic E-state index is 14.4. The Morgan fingerprint density at radius 2 is 1.72 bits per heavy atom. The fourth-order valence-electron chi connectivity index (χ4n) is 12.1. The van der Waals surface area contributed by atoms with Crippen molar-refractivity contribution in [3.8, 4) is 0 Å². The van der Waals surface area contributed by atoms with Crippen molar-refractivity contribution in [2.24, 2.45) is 44.8 Å². The number of hydrogen-bond donors (Lipinski definition) is 1. The van der Waals surface area contributed by atoms with Crippen molar-refractivity contribution >= 4 is 11.7 Å². The number of allylic oxidation sites excluding steroid dienone is 2. The third-order valence-corrected chi connectivity index (χ3v) is 14.8. The van der Waals surface area contributed by atoms with Gasteiger partial charge in [-0.3, -0.25) is 24.9 Å². The molecule has 7 rings (SSSR count). The average molecular weight is 642 g/mol. The van der Waals surface area contributed by atoms with Crippen molar-refractivity contribution in [1.82, 2.24) is 9.97 Å². The number of nitrogens with zero attached hydrogens (tertiary/aromatic N) is 3. The minimum Gasteiger partial charge on any atom is -0.460 e. The number of aliphatic hydroxyl groups is 1. The average Bonchev–Trinajstić information content (AvgIpc) is 3.03. The molecule has 47 heavy (non-hydrogen) atoms. The van der Waals surface area contributed by atoms with Crippen LogP contribution in [-0.2, 0) is 28.0 Å². The number of benzene rings is 1. The van der Waals surface area contributed by atoms with E-state index in [0.29, 0.717) is 17.4 Å². The van der Waals surface area contributed by atoms with Gasteiger partial charge < -0.3 is 9.84 Å². The van der Waals surface area contributed by atoms with E-state index in [1.807, 2.05) is 0 Å². The normalized spacial score (nSPS) is 40.0. The topological polar surface area (TPSA) is 115 Å². The molecule has 0 aliphatic heterocycles. The predicted molar refractivity (Wildman–Crippen MR) is 179 cm³/mol. The molecule has 0 spiro atoms. The number of rotatable bonds is 5. The van der Waals surface area contributed by atoms with E-state index in [1.54, 1.807) is 30.6 Å². The zero-order valence-corrected chi connectivity index (χ0v) is 29.0. The van der Waals surface area contributed by atoms with Crippen LogP contribution in [0.4, 0.5) is 5.69 Å². The molecule has 0 amide bonds. The van der Waals surface area contributed by atoms with Crippen LogP contribution in [-0.4, -0.2) is 32.6 Å². The van der Waals surface area contributed by atoms with Crippen LogP contribution in [0.3, 0.4) is 0 Å². The minimum absolute atomic E-state index is 0.0120. The minimum atomic E-state index is -0.621. The van der Waals surface area contributed by atoms with Gasteiger partial charge in [0.1, 0.15) is 6.61 Å². The van der Waals surface area contributed by atoms with Crippen LogP contribution in [0.25, 0.3) is 0 Å². The predicted octanol–water partition coefficient (Wildman–Crippen LogP) is 7.92. The molecule has 3 saturated carbocycles. The molecule has 8 heteroatoms. The van der Waals surface area contributed by atoms with Gasteiger partial charge in [0.15, 0.2) is 0 Å². The third-order valence-electron chi connectivity index (χ3n) is 14.8. The van der Waals surface area contributed by atoms with Gasteiger partial charge in [-0.1, -0.05) is 65.3 Å². The zero-order valence-electron chi connectivity index (χ0n) is 29.0. The first-order chi connectivity index (χ1) is 22.2. The van der Waals surface area contributed by atoms with Crippen LogP contribution in [0.1, 0.15) is 110 Å². The fourth-order valence-corrected chi connectivity index (χ4v) is 12.1. The van der Waals surface area contributed by atoms with Crippen LogP contribution in [0.15, 0.2) is 48.3 Å². The molecule has 1 N–H and O–H groups in total. The van der Waals surface area contributed by atoms with Gasteiger partial charge >= 0.3 is 5.97 Å². The summed E-state index contributed by atoms with van der Waals surface area (Å²) in [5.74, 6) is 0.586. The second kappa shape index (κ2) is 10.7. The van der Waals surface area contributed by atoms with Gasteiger partial charge in [-0.25, -0.2) is 0 Å². The molecule has 1 aromatic heterocycles. The molecule has 2 aromatic rings. The molecule has 3 fully saturated rings. The molecular weight excluding hydrogens is 590 g/mol. The molecule has 1 aromatic carbocycles. The molecule has 0 bridgehead atoms. The van der Waals surface area contributed by atoms with Crippen molar-refractivity contribution < 1.29 is 19.6 Å². The second-order valence-electron chi connectivity index (χ2n) is 17.4. The lowest BCUT2D eigenvalue weighted by Gasteiger charge is -2.70. The standard InChI is InChI=1S/C39H51N3O5/c1-34(2)15-17-39(33(44)47-23-25-9-7-8-10-29(25)42(45)46)18-16-37(5)26(27(39)21-34)11-12-31-35(3)22-28-32(41-20-19-40-28)36(4,24-43)30(35)13-14-38(31,37)6/h7-11,19-20,27,30-31,43H,12-18,21-24H2,1-6H3/t27-,30+,31+,35-,36-,37+,38+,39-/m0/s1. The van der Waals surface area contributed by atoms with Crippen molar-refractivity contribution in [2.45, 2.75) is 111 Å². The molecule has 5 aliphatic rings. The van der Waals surface area contributed by atoms with Crippen molar-refractivity contribution in [3.63, 3.8) is 0 Å². The number of aliphatic hydroxyl groups excluding tert-OH is 1. The second-order valence-corrected chi connectivity index (χ2v) is 17.4. The summed E-state index contributed by atoms with van der Waals surface area (Å²) in [6, 6.07) is 6.55. The number of ether oxygens (including phenoxy) is 1. The molecule has 0 saturated heterocycles. The van der Waals surface area contributed by atoms with Gasteiger partial charge in [-0.2, -0.15) is 0 Å². The van der Waals surface area contributed by atoms with Crippen molar-refractivity contribution in [2.75, 3.05) is 6.61 Å². The van der Waals surface area contributed by atoms with Gasteiger partial charge in [0, 0.05) is 23.9 Å². The molecule has 8 nitrogen and oxygen atoms in total. The fraction of sp³-hybridized carbons (Fsp3) is 0.667. The van der Waals surface area contributed by atoms with E-state index in [1.165, 1.54) is 11.6 Å². The van der Waals surface area contributed by atoms with E-state index in [4.69, 9.17) is 14.7 Å². The summed E-state index contributed by atoms with van der Waals surface area (Å²) in [5, 5.41) is 22.6. The van der Waals surface area contributed by atoms with E-state index in [-0.39, 0.29) is 52.4 Å². The first-order valence-electron chi connectivity index (χ1n) is 17.7. The summed E-state index contributed by atoms with van der Waals surface area (Å²) < 4.78 is 6.08. The maximum Gasteiger partial charge on any atom is 0.313 e. The molecular formula is C39H51N3O5. The Morgan fingerprint density at radius 3 is 2.47 bits per heavy atom. The summed E-state index contributed by atoms with van der Waals surface area (Å²) in [6.45, 7) is 14.3. The third kappa shape index (κ3) is 4.45. The zero-order chi connectivity index (χ0) is 33.6. The number of carbonyl (C=O) groups excluding carboxylic acids is 1. The first kappa shape index (κ1) is 32.4. The number of carbonyl (C=O) groups is 1. The van der Waals surface area contributed by atoms with Gasteiger partial charge in [-0.05, 0) is 103 Å². The Balaban J connectivity index is 1.26. The smallest absolute Gasteiger partial charge is 0.313 e. The van der Waals surface area contributed by atoms with Crippen LogP contribution in [0.5, 0.6) is 0 Å². The number of nitro groups is 1. The number of fused-ring (bicyclic) bond motifs is 8. The number of aromatic nitrogens is 2. The number of esters is 1. The SMILES string of the molecule is CC1(C)CC[C@]2(C(=O)OCc3ccccc3[N+](=O)[O-])CC[C@]3(C)C(=CC[C@@H]4[C@@]5(C)Cc6nccnc6[C@@](C)(CO)[C@@H]5CC[C@]43C)[C@@H]2C1. The highest BCUT2D eigenvalue weighted by atomic mass is 16.6. The highest BCUT2D eigenvalue weighted by molar-refractivity contribution is 5.79. The van der Waals surface area contributed by atoms with Crippen molar-refractivity contribution in [1.29, 1.82) is 0 Å².